The molecule has 0 aliphatic rings. The van der Waals surface area contributed by atoms with Gasteiger partial charge in [0.1, 0.15) is 0 Å². The third kappa shape index (κ3) is 11.2. The highest BCUT2D eigenvalue weighted by Gasteiger charge is 2.29. The van der Waals surface area contributed by atoms with E-state index in [1.807, 2.05) is 0 Å². The van der Waals surface area contributed by atoms with Crippen molar-refractivity contribution < 1.29 is 9.47 Å². The Morgan fingerprint density at radius 3 is 1.52 bits per heavy atom. The normalized spacial score (nSPS) is 12.0. The van der Waals surface area contributed by atoms with Gasteiger partial charge in [-0.2, -0.15) is 0 Å². The molecule has 0 saturated carbocycles. The molecule has 0 fully saturated rings. The van der Waals surface area contributed by atoms with Crippen molar-refractivity contribution in [3.8, 4) is 0 Å². The van der Waals surface area contributed by atoms with Gasteiger partial charge in [-0.25, -0.2) is 0 Å². The van der Waals surface area contributed by atoms with Crippen molar-refractivity contribution in [2.75, 3.05) is 13.2 Å². The highest BCUT2D eigenvalue weighted by molar-refractivity contribution is 4.69. The van der Waals surface area contributed by atoms with E-state index in [4.69, 9.17) is 9.47 Å². The molecule has 0 saturated heterocycles. The Morgan fingerprint density at radius 2 is 1.05 bits per heavy atom. The van der Waals surface area contributed by atoms with Gasteiger partial charge in [-0.05, 0) is 25.7 Å². The monoisotopic (exact) mass is 300 g/mol. The maximum atomic E-state index is 6.17. The summed E-state index contributed by atoms with van der Waals surface area (Å²) in [4.78, 5) is 0. The number of hydrogen-bond acceptors (Lipinski definition) is 2. The largest absolute Gasteiger partial charge is 0.350 e. The van der Waals surface area contributed by atoms with E-state index in [0.717, 1.165) is 38.9 Å². The average Bonchev–Trinajstić information content (AvgIpc) is 2.50. The molecule has 0 heterocycles. The van der Waals surface area contributed by atoms with Crippen LogP contribution in [-0.2, 0) is 9.47 Å². The van der Waals surface area contributed by atoms with Gasteiger partial charge in [-0.15, -0.1) is 0 Å². The van der Waals surface area contributed by atoms with Crippen molar-refractivity contribution in [3.05, 3.63) is 0 Å². The Balaban J connectivity index is 4.12. The van der Waals surface area contributed by atoms with Gasteiger partial charge in [0.15, 0.2) is 5.79 Å². The Labute approximate surface area is 134 Å². The predicted octanol–water partition coefficient (Wildman–Crippen LogP) is 6.48. The van der Waals surface area contributed by atoms with Crippen LogP contribution >= 0.6 is 0 Å². The summed E-state index contributed by atoms with van der Waals surface area (Å²) < 4.78 is 12.3. The Kier molecular flexibility index (Phi) is 14.8. The van der Waals surface area contributed by atoms with Crippen molar-refractivity contribution in [2.24, 2.45) is 0 Å². The Hall–Kier alpha value is -0.0800. The van der Waals surface area contributed by atoms with E-state index in [1.54, 1.807) is 0 Å². The second-order valence-electron chi connectivity index (χ2n) is 6.19. The third-order valence-electron chi connectivity index (χ3n) is 4.18. The van der Waals surface area contributed by atoms with Gasteiger partial charge in [-0.3, -0.25) is 0 Å². The highest BCUT2D eigenvalue weighted by Crippen LogP contribution is 2.26. The topological polar surface area (TPSA) is 18.5 Å². The van der Waals surface area contributed by atoms with E-state index in [1.165, 1.54) is 51.4 Å². The van der Waals surface area contributed by atoms with Crippen LogP contribution < -0.4 is 0 Å². The summed E-state index contributed by atoms with van der Waals surface area (Å²) in [6, 6.07) is 0. The predicted molar refractivity (Wildman–Crippen MR) is 92.7 cm³/mol. The molecule has 0 aliphatic heterocycles. The molecule has 0 spiro atoms. The molecule has 0 aromatic heterocycles. The molecular weight excluding hydrogens is 260 g/mol. The first-order valence-corrected chi connectivity index (χ1v) is 9.52. The fourth-order valence-corrected chi connectivity index (χ4v) is 2.55. The van der Waals surface area contributed by atoms with Crippen molar-refractivity contribution >= 4 is 0 Å². The number of ether oxygens (including phenoxy) is 2. The molecule has 0 radical (unpaired) electrons. The molecule has 0 N–H and O–H groups in total. The molecule has 0 aliphatic carbocycles. The minimum absolute atomic E-state index is 0.310. The number of unbranched alkanes of at least 4 members (excludes halogenated alkanes) is 7. The smallest absolute Gasteiger partial charge is 0.168 e. The van der Waals surface area contributed by atoms with Crippen LogP contribution in [0.5, 0.6) is 0 Å². The van der Waals surface area contributed by atoms with Crippen LogP contribution in [0, 0.1) is 0 Å². The van der Waals surface area contributed by atoms with Gasteiger partial charge in [0, 0.05) is 6.42 Å². The molecular formula is C19H40O2. The molecule has 21 heavy (non-hydrogen) atoms. The summed E-state index contributed by atoms with van der Waals surface area (Å²) in [6.07, 6.45) is 14.6. The first-order valence-electron chi connectivity index (χ1n) is 9.52. The molecule has 128 valence electrons. The summed E-state index contributed by atoms with van der Waals surface area (Å²) >= 11 is 0. The molecule has 0 aromatic carbocycles. The molecule has 0 aromatic rings. The van der Waals surface area contributed by atoms with Gasteiger partial charge in [-0.1, -0.05) is 72.6 Å². The third-order valence-corrected chi connectivity index (χ3v) is 4.18. The molecule has 0 bridgehead atoms. The zero-order chi connectivity index (χ0) is 15.8. The first kappa shape index (κ1) is 20.9. The van der Waals surface area contributed by atoms with Crippen LogP contribution in [0.2, 0.25) is 0 Å². The zero-order valence-electron chi connectivity index (χ0n) is 15.2. The summed E-state index contributed by atoms with van der Waals surface area (Å²) in [7, 11) is 0. The number of hydrogen-bond donors (Lipinski definition) is 0. The van der Waals surface area contributed by atoms with Crippen molar-refractivity contribution in [3.63, 3.8) is 0 Å². The molecule has 0 amide bonds. The van der Waals surface area contributed by atoms with Crippen molar-refractivity contribution in [1.29, 1.82) is 0 Å². The lowest BCUT2D eigenvalue weighted by Gasteiger charge is -2.33. The minimum atomic E-state index is -0.310. The van der Waals surface area contributed by atoms with Crippen molar-refractivity contribution in [2.45, 2.75) is 111 Å². The fraction of sp³-hybridized carbons (Fsp3) is 1.00. The quantitative estimate of drug-likeness (QED) is 0.240. The maximum Gasteiger partial charge on any atom is 0.168 e. The Bertz CT molecular complexity index is 194. The lowest BCUT2D eigenvalue weighted by Crippen LogP contribution is -2.36. The van der Waals surface area contributed by atoms with E-state index in [2.05, 4.69) is 27.7 Å². The van der Waals surface area contributed by atoms with Gasteiger partial charge in [0.05, 0.1) is 13.2 Å². The van der Waals surface area contributed by atoms with Gasteiger partial charge in [0.2, 0.25) is 0 Å². The van der Waals surface area contributed by atoms with Gasteiger partial charge >= 0.3 is 0 Å². The van der Waals surface area contributed by atoms with Crippen LogP contribution in [0.3, 0.4) is 0 Å². The van der Waals surface area contributed by atoms with Crippen LogP contribution in [0.25, 0.3) is 0 Å². The standard InChI is InChI=1S/C19H40O2/c1-5-9-12-13-14-15-16-19(8-4,20-17-10-6-2)21-18-11-7-3/h5-18H2,1-4H3. The molecule has 2 nitrogen and oxygen atoms in total. The van der Waals surface area contributed by atoms with Crippen LogP contribution in [0.15, 0.2) is 0 Å². The van der Waals surface area contributed by atoms with Crippen LogP contribution in [-0.4, -0.2) is 19.0 Å². The highest BCUT2D eigenvalue weighted by atomic mass is 16.7. The lowest BCUT2D eigenvalue weighted by molar-refractivity contribution is -0.244. The van der Waals surface area contributed by atoms with E-state index in [9.17, 15) is 0 Å². The molecule has 0 rings (SSSR count). The second-order valence-corrected chi connectivity index (χ2v) is 6.19. The van der Waals surface area contributed by atoms with Crippen LogP contribution in [0.4, 0.5) is 0 Å². The SMILES string of the molecule is CCCCCCCCC(CC)(OCCCC)OCCCC. The lowest BCUT2D eigenvalue weighted by atomic mass is 10.0. The van der Waals surface area contributed by atoms with E-state index in [-0.39, 0.29) is 5.79 Å². The first-order chi connectivity index (χ1) is 10.2. The van der Waals surface area contributed by atoms with Gasteiger partial charge in [0.25, 0.3) is 0 Å². The average molecular weight is 301 g/mol. The minimum Gasteiger partial charge on any atom is -0.350 e. The fourth-order valence-electron chi connectivity index (χ4n) is 2.55. The molecule has 0 unspecified atom stereocenters. The summed E-state index contributed by atoms with van der Waals surface area (Å²) in [5.41, 5.74) is 0. The van der Waals surface area contributed by atoms with E-state index in [0.29, 0.717) is 0 Å². The number of rotatable bonds is 16. The molecule has 0 atom stereocenters. The summed E-state index contributed by atoms with van der Waals surface area (Å²) in [6.45, 7) is 10.6. The van der Waals surface area contributed by atoms with E-state index >= 15 is 0 Å². The summed E-state index contributed by atoms with van der Waals surface area (Å²) in [5.74, 6) is -0.310. The second kappa shape index (κ2) is 14.8. The molecule has 2 heteroatoms. The Morgan fingerprint density at radius 1 is 0.571 bits per heavy atom. The van der Waals surface area contributed by atoms with E-state index < -0.39 is 0 Å². The van der Waals surface area contributed by atoms with Crippen LogP contribution in [0.1, 0.15) is 105 Å². The summed E-state index contributed by atoms with van der Waals surface area (Å²) in [5, 5.41) is 0. The zero-order valence-corrected chi connectivity index (χ0v) is 15.2. The van der Waals surface area contributed by atoms with Gasteiger partial charge < -0.3 is 9.47 Å². The maximum absolute atomic E-state index is 6.17. The van der Waals surface area contributed by atoms with Crippen molar-refractivity contribution in [1.82, 2.24) is 0 Å².